The Hall–Kier alpha value is -3.56. The Morgan fingerprint density at radius 1 is 0.882 bits per heavy atom. The normalized spacial score (nSPS) is 20.9. The first-order valence-electron chi connectivity index (χ1n) is 11.6. The number of imide groups is 2. The molecule has 4 amide bonds. The molecule has 176 valence electrons. The van der Waals surface area contributed by atoms with Crippen molar-refractivity contribution < 1.29 is 19.2 Å². The van der Waals surface area contributed by atoms with Gasteiger partial charge in [-0.25, -0.2) is 0 Å². The van der Waals surface area contributed by atoms with Crippen molar-refractivity contribution in [2.24, 2.45) is 0 Å². The van der Waals surface area contributed by atoms with Gasteiger partial charge in [-0.3, -0.25) is 34.3 Å². The van der Waals surface area contributed by atoms with Gasteiger partial charge in [0.1, 0.15) is 6.04 Å². The van der Waals surface area contributed by atoms with Crippen LogP contribution in [0.15, 0.2) is 42.5 Å². The molecular weight excluding hydrogens is 434 g/mol. The lowest BCUT2D eigenvalue weighted by molar-refractivity contribution is -0.136. The molecule has 0 spiro atoms. The standard InChI is InChI=1S/C25H27N5O4/c31-22-8-7-21(23(32)28-22)30-24(33)19-6-5-18(13-20(19)25(30)34)27-14-16-1-3-17(4-2-16)15-29-11-9-26-10-12-29/h1-6,13,21,26-27H,7-12,14-15H2,(H,28,31,32). The number of piperazine rings is 1. The molecule has 2 aromatic carbocycles. The Bertz CT molecular complexity index is 1140. The van der Waals surface area contributed by atoms with Gasteiger partial charge >= 0.3 is 0 Å². The Morgan fingerprint density at radius 2 is 1.59 bits per heavy atom. The van der Waals surface area contributed by atoms with Crippen molar-refractivity contribution in [3.8, 4) is 0 Å². The number of carbonyl (C=O) groups is 4. The minimum Gasteiger partial charge on any atom is -0.381 e. The number of nitrogens with one attached hydrogen (secondary N) is 3. The third-order valence-electron chi connectivity index (χ3n) is 6.58. The quantitative estimate of drug-likeness (QED) is 0.553. The van der Waals surface area contributed by atoms with E-state index in [2.05, 4.69) is 45.1 Å². The zero-order valence-electron chi connectivity index (χ0n) is 18.8. The molecule has 3 N–H and O–H groups in total. The number of hydrogen-bond acceptors (Lipinski definition) is 7. The molecular formula is C25H27N5O4. The van der Waals surface area contributed by atoms with Crippen LogP contribution in [0.25, 0.3) is 0 Å². The topological polar surface area (TPSA) is 111 Å². The van der Waals surface area contributed by atoms with Crippen LogP contribution in [0.4, 0.5) is 5.69 Å². The van der Waals surface area contributed by atoms with Gasteiger partial charge < -0.3 is 10.6 Å². The van der Waals surface area contributed by atoms with Crippen molar-refractivity contribution in [2.45, 2.75) is 32.0 Å². The summed E-state index contributed by atoms with van der Waals surface area (Å²) in [6.45, 7) is 5.70. The number of anilines is 1. The predicted octanol–water partition coefficient (Wildman–Crippen LogP) is 1.11. The molecule has 0 aromatic heterocycles. The van der Waals surface area contributed by atoms with Crippen LogP contribution in [0.2, 0.25) is 0 Å². The summed E-state index contributed by atoms with van der Waals surface area (Å²) in [6.07, 6.45) is 0.247. The van der Waals surface area contributed by atoms with Crippen LogP contribution in [0.1, 0.15) is 44.7 Å². The Balaban J connectivity index is 1.22. The third-order valence-corrected chi connectivity index (χ3v) is 6.58. The van der Waals surface area contributed by atoms with E-state index in [1.807, 2.05) is 0 Å². The van der Waals surface area contributed by atoms with Crippen LogP contribution >= 0.6 is 0 Å². The van der Waals surface area contributed by atoms with Gasteiger partial charge in [0, 0.05) is 51.4 Å². The summed E-state index contributed by atoms with van der Waals surface area (Å²) < 4.78 is 0. The summed E-state index contributed by atoms with van der Waals surface area (Å²) in [5.74, 6) is -2.00. The average Bonchev–Trinajstić information content (AvgIpc) is 3.09. The number of benzene rings is 2. The maximum Gasteiger partial charge on any atom is 0.262 e. The molecule has 0 radical (unpaired) electrons. The van der Waals surface area contributed by atoms with Gasteiger partial charge in [-0.05, 0) is 35.7 Å². The van der Waals surface area contributed by atoms with Gasteiger partial charge in [-0.2, -0.15) is 0 Å². The summed E-state index contributed by atoms with van der Waals surface area (Å²) in [5, 5.41) is 8.88. The van der Waals surface area contributed by atoms with Crippen molar-refractivity contribution in [1.29, 1.82) is 0 Å². The number of amides is 4. The number of piperidine rings is 1. The summed E-state index contributed by atoms with van der Waals surface area (Å²) >= 11 is 0. The average molecular weight is 462 g/mol. The van der Waals surface area contributed by atoms with E-state index >= 15 is 0 Å². The van der Waals surface area contributed by atoms with Crippen LogP contribution < -0.4 is 16.0 Å². The third kappa shape index (κ3) is 4.44. The lowest BCUT2D eigenvalue weighted by Crippen LogP contribution is -2.54. The number of hydrogen-bond donors (Lipinski definition) is 3. The second-order valence-electron chi connectivity index (χ2n) is 8.90. The molecule has 0 aliphatic carbocycles. The maximum atomic E-state index is 13.0. The molecule has 2 aromatic rings. The number of nitrogens with zero attached hydrogens (tertiary/aromatic N) is 2. The zero-order valence-corrected chi connectivity index (χ0v) is 18.8. The number of fused-ring (bicyclic) bond motifs is 1. The Morgan fingerprint density at radius 3 is 2.32 bits per heavy atom. The highest BCUT2D eigenvalue weighted by atomic mass is 16.2. The van der Waals surface area contributed by atoms with E-state index in [4.69, 9.17) is 0 Å². The molecule has 3 heterocycles. The molecule has 1 unspecified atom stereocenters. The molecule has 2 saturated heterocycles. The first kappa shape index (κ1) is 22.2. The molecule has 0 bridgehead atoms. The molecule has 9 nitrogen and oxygen atoms in total. The van der Waals surface area contributed by atoms with Gasteiger partial charge in [0.15, 0.2) is 0 Å². The minimum absolute atomic E-state index is 0.102. The first-order chi connectivity index (χ1) is 16.5. The first-order valence-corrected chi connectivity index (χ1v) is 11.6. The maximum absolute atomic E-state index is 13.0. The van der Waals surface area contributed by atoms with E-state index in [-0.39, 0.29) is 29.9 Å². The molecule has 3 aliphatic rings. The molecule has 2 fully saturated rings. The molecule has 3 aliphatic heterocycles. The van der Waals surface area contributed by atoms with Gasteiger partial charge in [0.05, 0.1) is 11.1 Å². The smallest absolute Gasteiger partial charge is 0.262 e. The fourth-order valence-electron chi connectivity index (χ4n) is 4.68. The van der Waals surface area contributed by atoms with Crippen LogP contribution in [0.3, 0.4) is 0 Å². The van der Waals surface area contributed by atoms with Crippen LogP contribution in [-0.4, -0.2) is 65.6 Å². The van der Waals surface area contributed by atoms with Gasteiger partial charge in [-0.1, -0.05) is 24.3 Å². The van der Waals surface area contributed by atoms with E-state index in [1.54, 1.807) is 18.2 Å². The number of rotatable bonds is 6. The molecule has 9 heteroatoms. The fraction of sp³-hybridized carbons (Fsp3) is 0.360. The Labute approximate surface area is 197 Å². The predicted molar refractivity (Wildman–Crippen MR) is 125 cm³/mol. The van der Waals surface area contributed by atoms with E-state index in [9.17, 15) is 19.2 Å². The van der Waals surface area contributed by atoms with Gasteiger partial charge in [0.2, 0.25) is 11.8 Å². The molecule has 1 atom stereocenters. The van der Waals surface area contributed by atoms with Crippen molar-refractivity contribution >= 4 is 29.3 Å². The van der Waals surface area contributed by atoms with Crippen molar-refractivity contribution in [3.05, 3.63) is 64.7 Å². The summed E-state index contributed by atoms with van der Waals surface area (Å²) in [5.41, 5.74) is 3.65. The van der Waals surface area contributed by atoms with Gasteiger partial charge in [-0.15, -0.1) is 0 Å². The lowest BCUT2D eigenvalue weighted by atomic mass is 10.0. The molecule has 5 rings (SSSR count). The van der Waals surface area contributed by atoms with Crippen LogP contribution in [-0.2, 0) is 22.7 Å². The van der Waals surface area contributed by atoms with Crippen molar-refractivity contribution in [3.63, 3.8) is 0 Å². The number of carbonyl (C=O) groups excluding carboxylic acids is 4. The van der Waals surface area contributed by atoms with E-state index in [1.165, 1.54) is 5.56 Å². The minimum atomic E-state index is -0.957. The highest BCUT2D eigenvalue weighted by Crippen LogP contribution is 2.29. The second-order valence-corrected chi connectivity index (χ2v) is 8.90. The van der Waals surface area contributed by atoms with Gasteiger partial charge in [0.25, 0.3) is 11.8 Å². The lowest BCUT2D eigenvalue weighted by Gasteiger charge is -2.27. The Kier molecular flexibility index (Phi) is 6.12. The summed E-state index contributed by atoms with van der Waals surface area (Å²) in [7, 11) is 0. The molecule has 0 saturated carbocycles. The zero-order chi connectivity index (χ0) is 23.7. The van der Waals surface area contributed by atoms with Crippen molar-refractivity contribution in [1.82, 2.24) is 20.4 Å². The monoisotopic (exact) mass is 461 g/mol. The second kappa shape index (κ2) is 9.36. The molecule has 34 heavy (non-hydrogen) atoms. The van der Waals surface area contributed by atoms with Crippen molar-refractivity contribution in [2.75, 3.05) is 31.5 Å². The SMILES string of the molecule is O=C1CCC(N2C(=O)c3ccc(NCc4ccc(CN5CCNCC5)cc4)cc3C2=O)C(=O)N1. The van der Waals surface area contributed by atoms with E-state index in [0.29, 0.717) is 6.54 Å². The summed E-state index contributed by atoms with van der Waals surface area (Å²) in [6, 6.07) is 12.5. The van der Waals surface area contributed by atoms with E-state index in [0.717, 1.165) is 48.9 Å². The highest BCUT2D eigenvalue weighted by molar-refractivity contribution is 6.23. The van der Waals surface area contributed by atoms with E-state index < -0.39 is 23.8 Å². The largest absolute Gasteiger partial charge is 0.381 e. The van der Waals surface area contributed by atoms with Crippen LogP contribution in [0.5, 0.6) is 0 Å². The van der Waals surface area contributed by atoms with Crippen LogP contribution in [0, 0.1) is 0 Å². The fourth-order valence-corrected chi connectivity index (χ4v) is 4.68. The highest BCUT2D eigenvalue weighted by Gasteiger charge is 2.44. The summed E-state index contributed by atoms with van der Waals surface area (Å²) in [4.78, 5) is 52.8.